The third-order valence-corrected chi connectivity index (χ3v) is 4.28. The first-order valence-electron chi connectivity index (χ1n) is 7.37. The average molecular weight is 374 g/mol. The fourth-order valence-corrected chi connectivity index (χ4v) is 2.99. The predicted octanol–water partition coefficient (Wildman–Crippen LogP) is 3.86. The van der Waals surface area contributed by atoms with Gasteiger partial charge in [-0.1, -0.05) is 12.1 Å². The topological polar surface area (TPSA) is 62.7 Å². The third-order valence-electron chi connectivity index (χ3n) is 3.19. The van der Waals surface area contributed by atoms with E-state index >= 15 is 0 Å². The van der Waals surface area contributed by atoms with Crippen LogP contribution in [0.2, 0.25) is 0 Å². The summed E-state index contributed by atoms with van der Waals surface area (Å²) in [4.78, 5) is 15.7. The highest BCUT2D eigenvalue weighted by Crippen LogP contribution is 2.38. The number of rotatable bonds is 7. The Morgan fingerprint density at radius 3 is 2.64 bits per heavy atom. The summed E-state index contributed by atoms with van der Waals surface area (Å²) in [7, 11) is 3.89. The van der Waals surface area contributed by atoms with E-state index in [1.165, 1.54) is 0 Å². The summed E-state index contributed by atoms with van der Waals surface area (Å²) in [5.74, 6) is -1.15. The van der Waals surface area contributed by atoms with Crippen LogP contribution in [0, 0.1) is 0 Å². The zero-order valence-electron chi connectivity index (χ0n) is 13.6. The molecule has 136 valence electrons. The van der Waals surface area contributed by atoms with Gasteiger partial charge in [0, 0.05) is 12.1 Å². The molecule has 0 atom stereocenters. The molecule has 0 bridgehead atoms. The highest BCUT2D eigenvalue weighted by Gasteiger charge is 2.39. The number of benzene rings is 1. The molecule has 0 spiro atoms. The minimum absolute atomic E-state index is 0.0107. The number of alkyl halides is 3. The van der Waals surface area contributed by atoms with Crippen LogP contribution in [0.15, 0.2) is 24.3 Å². The van der Waals surface area contributed by atoms with Gasteiger partial charge in [-0.2, -0.15) is 13.2 Å². The molecule has 0 radical (unpaired) electrons. The molecule has 9 heteroatoms. The quantitative estimate of drug-likeness (QED) is 0.746. The van der Waals surface area contributed by atoms with Crippen LogP contribution in [-0.2, 0) is 6.18 Å². The van der Waals surface area contributed by atoms with E-state index in [-0.39, 0.29) is 5.01 Å². The van der Waals surface area contributed by atoms with Crippen LogP contribution in [0.1, 0.15) is 21.8 Å². The first-order valence-corrected chi connectivity index (χ1v) is 8.19. The standard InChI is InChI=1S/C16H17F3N2O3S/c1-21(2)7-4-8-24-11-6-3-5-10(9-11)14-20-13(16(17,18)19)12(25-14)15(22)23/h3,5-6,9H,4,7-8H2,1-2H3,(H,22,23). The lowest BCUT2D eigenvalue weighted by molar-refractivity contribution is -0.141. The summed E-state index contributed by atoms with van der Waals surface area (Å²) in [5, 5.41) is 8.96. The second-order valence-electron chi connectivity index (χ2n) is 5.53. The molecule has 2 aromatic rings. The van der Waals surface area contributed by atoms with Gasteiger partial charge in [-0.05, 0) is 32.6 Å². The number of ether oxygens (including phenoxy) is 1. The monoisotopic (exact) mass is 374 g/mol. The van der Waals surface area contributed by atoms with Gasteiger partial charge in [-0.15, -0.1) is 11.3 Å². The van der Waals surface area contributed by atoms with Crippen LogP contribution >= 0.6 is 11.3 Å². The lowest BCUT2D eigenvalue weighted by atomic mass is 10.2. The Balaban J connectivity index is 2.22. The smallest absolute Gasteiger partial charge is 0.435 e. The Kier molecular flexibility index (Phi) is 6.02. The molecule has 1 aromatic carbocycles. The van der Waals surface area contributed by atoms with E-state index in [0.29, 0.717) is 29.3 Å². The molecule has 0 fully saturated rings. The molecule has 25 heavy (non-hydrogen) atoms. The van der Waals surface area contributed by atoms with Crippen molar-refractivity contribution in [3.05, 3.63) is 34.8 Å². The Bertz CT molecular complexity index is 744. The highest BCUT2D eigenvalue weighted by atomic mass is 32.1. The fraction of sp³-hybridized carbons (Fsp3) is 0.375. The normalized spacial score (nSPS) is 11.8. The van der Waals surface area contributed by atoms with Gasteiger partial charge in [0.05, 0.1) is 6.61 Å². The molecular weight excluding hydrogens is 357 g/mol. The zero-order chi connectivity index (χ0) is 18.6. The second-order valence-corrected chi connectivity index (χ2v) is 6.53. The van der Waals surface area contributed by atoms with Crippen molar-refractivity contribution in [2.24, 2.45) is 0 Å². The van der Waals surface area contributed by atoms with E-state index < -0.39 is 22.7 Å². The summed E-state index contributed by atoms with van der Waals surface area (Å²) in [5.41, 5.74) is -0.995. The van der Waals surface area contributed by atoms with Crippen LogP contribution in [0.4, 0.5) is 13.2 Å². The van der Waals surface area contributed by atoms with Crippen molar-refractivity contribution >= 4 is 17.3 Å². The van der Waals surface area contributed by atoms with Crippen molar-refractivity contribution in [2.45, 2.75) is 12.6 Å². The van der Waals surface area contributed by atoms with Crippen molar-refractivity contribution < 1.29 is 27.8 Å². The van der Waals surface area contributed by atoms with Gasteiger partial charge < -0.3 is 14.7 Å². The van der Waals surface area contributed by atoms with E-state index in [1.54, 1.807) is 24.3 Å². The molecule has 0 aliphatic heterocycles. The Morgan fingerprint density at radius 2 is 2.08 bits per heavy atom. The van der Waals surface area contributed by atoms with Gasteiger partial charge >= 0.3 is 12.1 Å². The second kappa shape index (κ2) is 7.83. The van der Waals surface area contributed by atoms with Crippen LogP contribution in [0.5, 0.6) is 5.75 Å². The number of carboxylic acid groups (broad SMARTS) is 1. The lowest BCUT2D eigenvalue weighted by Crippen LogP contribution is -2.15. The Labute approximate surface area is 146 Å². The first kappa shape index (κ1) is 19.2. The molecule has 1 N–H and O–H groups in total. The van der Waals surface area contributed by atoms with Crippen LogP contribution < -0.4 is 4.74 Å². The maximum absolute atomic E-state index is 12.9. The molecule has 5 nitrogen and oxygen atoms in total. The number of aromatic carboxylic acids is 1. The Hall–Kier alpha value is -2.13. The van der Waals surface area contributed by atoms with Gasteiger partial charge in [-0.25, -0.2) is 9.78 Å². The lowest BCUT2D eigenvalue weighted by Gasteiger charge is -2.10. The Morgan fingerprint density at radius 1 is 1.36 bits per heavy atom. The number of hydrogen-bond donors (Lipinski definition) is 1. The number of aromatic nitrogens is 1. The number of hydrogen-bond acceptors (Lipinski definition) is 5. The molecule has 0 amide bonds. The van der Waals surface area contributed by atoms with E-state index in [9.17, 15) is 18.0 Å². The van der Waals surface area contributed by atoms with Crippen LogP contribution in [-0.4, -0.2) is 48.2 Å². The molecule has 0 aliphatic rings. The first-order chi connectivity index (χ1) is 11.7. The maximum Gasteiger partial charge on any atom is 0.435 e. The number of nitrogens with zero attached hydrogens (tertiary/aromatic N) is 2. The largest absolute Gasteiger partial charge is 0.494 e. The van der Waals surface area contributed by atoms with Gasteiger partial charge in [0.1, 0.15) is 15.6 Å². The molecule has 0 unspecified atom stereocenters. The predicted molar refractivity (Wildman–Crippen MR) is 88.2 cm³/mol. The van der Waals surface area contributed by atoms with Crippen molar-refractivity contribution in [2.75, 3.05) is 27.2 Å². The molecule has 2 rings (SSSR count). The zero-order valence-corrected chi connectivity index (χ0v) is 14.4. The summed E-state index contributed by atoms with van der Waals surface area (Å²) < 4.78 is 44.4. The summed E-state index contributed by atoms with van der Waals surface area (Å²) in [6, 6.07) is 6.44. The molecule has 0 saturated heterocycles. The number of thiazole rings is 1. The van der Waals surface area contributed by atoms with Crippen molar-refractivity contribution in [1.29, 1.82) is 0 Å². The summed E-state index contributed by atoms with van der Waals surface area (Å²) in [6.07, 6.45) is -4.02. The van der Waals surface area contributed by atoms with Gasteiger partial charge in [0.25, 0.3) is 0 Å². The van der Waals surface area contributed by atoms with Gasteiger partial charge in [-0.3, -0.25) is 0 Å². The van der Waals surface area contributed by atoms with E-state index in [4.69, 9.17) is 9.84 Å². The summed E-state index contributed by atoms with van der Waals surface area (Å²) >= 11 is 0.496. The minimum Gasteiger partial charge on any atom is -0.494 e. The average Bonchev–Trinajstić information content (AvgIpc) is 2.97. The van der Waals surface area contributed by atoms with E-state index in [2.05, 4.69) is 4.98 Å². The molecule has 0 aliphatic carbocycles. The fourth-order valence-electron chi connectivity index (χ4n) is 2.07. The number of carbonyl (C=O) groups is 1. The van der Waals surface area contributed by atoms with Crippen molar-refractivity contribution in [3.63, 3.8) is 0 Å². The molecular formula is C16H17F3N2O3S. The summed E-state index contributed by atoms with van der Waals surface area (Å²) in [6.45, 7) is 1.32. The number of halogens is 3. The molecule has 0 saturated carbocycles. The minimum atomic E-state index is -4.82. The highest BCUT2D eigenvalue weighted by molar-refractivity contribution is 7.17. The molecule has 1 aromatic heterocycles. The molecule has 1 heterocycles. The maximum atomic E-state index is 12.9. The van der Waals surface area contributed by atoms with Crippen LogP contribution in [0.25, 0.3) is 10.6 Å². The van der Waals surface area contributed by atoms with Crippen LogP contribution in [0.3, 0.4) is 0 Å². The SMILES string of the molecule is CN(C)CCCOc1cccc(-c2nc(C(F)(F)F)c(C(=O)O)s2)c1. The number of carboxylic acids is 1. The van der Waals surface area contributed by atoms with Crippen molar-refractivity contribution in [1.82, 2.24) is 9.88 Å². The van der Waals surface area contributed by atoms with Gasteiger partial charge in [0.2, 0.25) is 0 Å². The van der Waals surface area contributed by atoms with Gasteiger partial charge in [0.15, 0.2) is 5.69 Å². The van der Waals surface area contributed by atoms with Crippen molar-refractivity contribution in [3.8, 4) is 16.3 Å². The van der Waals surface area contributed by atoms with E-state index in [0.717, 1.165) is 13.0 Å². The third kappa shape index (κ3) is 5.17. The van der Waals surface area contributed by atoms with E-state index in [1.807, 2.05) is 19.0 Å².